The summed E-state index contributed by atoms with van der Waals surface area (Å²) in [6.07, 6.45) is 0. The van der Waals surface area contributed by atoms with Crippen molar-refractivity contribution in [3.8, 4) is 5.75 Å². The van der Waals surface area contributed by atoms with Crippen LogP contribution in [-0.4, -0.2) is 41.7 Å². The van der Waals surface area contributed by atoms with E-state index in [0.29, 0.717) is 16.5 Å². The maximum absolute atomic E-state index is 12.8. The number of rotatable bonds is 5. The summed E-state index contributed by atoms with van der Waals surface area (Å²) in [5, 5.41) is 3.88. The van der Waals surface area contributed by atoms with E-state index in [9.17, 15) is 8.42 Å². The van der Waals surface area contributed by atoms with E-state index in [1.165, 1.54) is 0 Å². The summed E-state index contributed by atoms with van der Waals surface area (Å²) in [4.78, 5) is 2.32. The Labute approximate surface area is 159 Å². The van der Waals surface area contributed by atoms with Crippen molar-refractivity contribution in [1.82, 2.24) is 5.32 Å². The van der Waals surface area contributed by atoms with Gasteiger partial charge in [-0.05, 0) is 48.9 Å². The van der Waals surface area contributed by atoms with Crippen LogP contribution in [0.1, 0.15) is 5.56 Å². The maximum Gasteiger partial charge on any atom is 0.261 e. The van der Waals surface area contributed by atoms with E-state index in [4.69, 9.17) is 16.3 Å². The first-order chi connectivity index (χ1) is 12.4. The summed E-state index contributed by atoms with van der Waals surface area (Å²) in [5.74, 6) is 0.660. The van der Waals surface area contributed by atoms with Gasteiger partial charge in [-0.1, -0.05) is 11.6 Å². The topological polar surface area (TPSA) is 70.7 Å². The lowest BCUT2D eigenvalue weighted by Gasteiger charge is -2.30. The molecule has 1 aliphatic rings. The predicted molar refractivity (Wildman–Crippen MR) is 105 cm³/mol. The average molecular weight is 396 g/mol. The number of hydrogen-bond acceptors (Lipinski definition) is 5. The average Bonchev–Trinajstić information content (AvgIpc) is 2.64. The minimum Gasteiger partial charge on any atom is -0.495 e. The number of aryl methyl sites for hydroxylation is 1. The molecule has 8 heteroatoms. The summed E-state index contributed by atoms with van der Waals surface area (Å²) < 4.78 is 33.7. The highest BCUT2D eigenvalue weighted by Gasteiger charge is 2.21. The van der Waals surface area contributed by atoms with Crippen molar-refractivity contribution in [3.05, 3.63) is 47.0 Å². The van der Waals surface area contributed by atoms with Gasteiger partial charge in [-0.3, -0.25) is 4.72 Å². The number of sulfonamides is 1. The van der Waals surface area contributed by atoms with Gasteiger partial charge in [0.15, 0.2) is 0 Å². The van der Waals surface area contributed by atoms with Gasteiger partial charge in [0, 0.05) is 36.9 Å². The molecule has 0 aliphatic carbocycles. The van der Waals surface area contributed by atoms with E-state index in [0.717, 1.165) is 37.4 Å². The molecule has 0 radical (unpaired) electrons. The minimum atomic E-state index is -3.72. The molecule has 2 N–H and O–H groups in total. The van der Waals surface area contributed by atoms with Crippen LogP contribution < -0.4 is 19.7 Å². The highest BCUT2D eigenvalue weighted by molar-refractivity contribution is 7.92. The number of halogens is 1. The zero-order chi connectivity index (χ0) is 18.7. The van der Waals surface area contributed by atoms with Gasteiger partial charge in [-0.15, -0.1) is 0 Å². The van der Waals surface area contributed by atoms with Gasteiger partial charge in [0.2, 0.25) is 0 Å². The smallest absolute Gasteiger partial charge is 0.261 e. The fourth-order valence-electron chi connectivity index (χ4n) is 2.91. The van der Waals surface area contributed by atoms with E-state index in [1.807, 2.05) is 6.92 Å². The third-order valence-electron chi connectivity index (χ3n) is 4.33. The van der Waals surface area contributed by atoms with Gasteiger partial charge in [0.1, 0.15) is 5.75 Å². The molecular formula is C18H22ClN3O3S. The molecule has 2 aromatic rings. The monoisotopic (exact) mass is 395 g/mol. The number of benzene rings is 2. The van der Waals surface area contributed by atoms with Crippen LogP contribution >= 0.6 is 11.6 Å². The highest BCUT2D eigenvalue weighted by Crippen LogP contribution is 2.32. The van der Waals surface area contributed by atoms with Crippen molar-refractivity contribution in [3.63, 3.8) is 0 Å². The van der Waals surface area contributed by atoms with Crippen LogP contribution in [0.3, 0.4) is 0 Å². The first-order valence-corrected chi connectivity index (χ1v) is 10.2. The lowest BCUT2D eigenvalue weighted by molar-refractivity contribution is 0.412. The van der Waals surface area contributed by atoms with Gasteiger partial charge in [-0.2, -0.15) is 0 Å². The fraction of sp³-hybridized carbons (Fsp3) is 0.333. The zero-order valence-electron chi connectivity index (χ0n) is 14.8. The van der Waals surface area contributed by atoms with Gasteiger partial charge in [0.05, 0.1) is 17.7 Å². The Bertz CT molecular complexity index is 897. The molecule has 6 nitrogen and oxygen atoms in total. The quantitative estimate of drug-likeness (QED) is 0.814. The molecular weight excluding hydrogens is 374 g/mol. The Morgan fingerprint density at radius 3 is 2.54 bits per heavy atom. The molecule has 3 rings (SSSR count). The number of nitrogens with one attached hydrogen (secondary N) is 2. The second-order valence-electron chi connectivity index (χ2n) is 6.14. The third kappa shape index (κ3) is 4.06. The van der Waals surface area contributed by atoms with Crippen LogP contribution in [0.15, 0.2) is 41.3 Å². The van der Waals surface area contributed by atoms with E-state index in [1.54, 1.807) is 43.5 Å². The van der Waals surface area contributed by atoms with Gasteiger partial charge >= 0.3 is 0 Å². The second-order valence-corrected chi connectivity index (χ2v) is 8.23. The van der Waals surface area contributed by atoms with Crippen LogP contribution in [0.25, 0.3) is 0 Å². The Morgan fingerprint density at radius 2 is 1.88 bits per heavy atom. The van der Waals surface area contributed by atoms with E-state index >= 15 is 0 Å². The normalized spacial score (nSPS) is 15.0. The lowest BCUT2D eigenvalue weighted by atomic mass is 10.2. The van der Waals surface area contributed by atoms with Crippen LogP contribution in [0.5, 0.6) is 5.75 Å². The van der Waals surface area contributed by atoms with Crippen LogP contribution in [0.4, 0.5) is 11.4 Å². The van der Waals surface area contributed by atoms with Crippen molar-refractivity contribution in [1.29, 1.82) is 0 Å². The molecule has 26 heavy (non-hydrogen) atoms. The molecule has 0 amide bonds. The molecule has 1 heterocycles. The Kier molecular flexibility index (Phi) is 5.60. The molecule has 0 aromatic heterocycles. The van der Waals surface area contributed by atoms with Gasteiger partial charge in [-0.25, -0.2) is 8.42 Å². The van der Waals surface area contributed by atoms with E-state index in [2.05, 4.69) is 14.9 Å². The second kappa shape index (κ2) is 7.73. The van der Waals surface area contributed by atoms with Crippen LogP contribution in [0.2, 0.25) is 5.02 Å². The van der Waals surface area contributed by atoms with E-state index < -0.39 is 10.0 Å². The molecule has 1 fully saturated rings. The number of piperazine rings is 1. The molecule has 0 saturated carbocycles. The van der Waals surface area contributed by atoms with Crippen LogP contribution in [0, 0.1) is 6.92 Å². The molecule has 0 atom stereocenters. The molecule has 140 valence electrons. The lowest BCUT2D eigenvalue weighted by Crippen LogP contribution is -2.43. The highest BCUT2D eigenvalue weighted by atomic mass is 35.5. The molecule has 1 saturated heterocycles. The van der Waals surface area contributed by atoms with E-state index in [-0.39, 0.29) is 4.90 Å². The maximum atomic E-state index is 12.8. The van der Waals surface area contributed by atoms with Crippen molar-refractivity contribution in [2.24, 2.45) is 0 Å². The summed E-state index contributed by atoms with van der Waals surface area (Å²) in [6, 6.07) is 9.94. The van der Waals surface area contributed by atoms with Crippen molar-refractivity contribution < 1.29 is 13.2 Å². The molecule has 0 unspecified atom stereocenters. The SMILES string of the molecule is COc1ccc(S(=O)(=O)Nc2ccc(Cl)c(C)c2)cc1N1CCNCC1. The molecule has 1 aliphatic heterocycles. The fourth-order valence-corrected chi connectivity index (χ4v) is 4.10. The number of methoxy groups -OCH3 is 1. The summed E-state index contributed by atoms with van der Waals surface area (Å²) in [5.41, 5.74) is 2.07. The van der Waals surface area contributed by atoms with Crippen molar-refractivity contribution in [2.75, 3.05) is 42.9 Å². The van der Waals surface area contributed by atoms with Crippen LogP contribution in [-0.2, 0) is 10.0 Å². The summed E-state index contributed by atoms with van der Waals surface area (Å²) in [6.45, 7) is 5.12. The predicted octanol–water partition coefficient (Wildman–Crippen LogP) is 2.87. The number of anilines is 2. The first-order valence-electron chi connectivity index (χ1n) is 8.33. The van der Waals surface area contributed by atoms with Crippen molar-refractivity contribution in [2.45, 2.75) is 11.8 Å². The number of nitrogens with zero attached hydrogens (tertiary/aromatic N) is 1. The number of hydrogen-bond donors (Lipinski definition) is 2. The molecule has 0 bridgehead atoms. The Balaban J connectivity index is 1.92. The molecule has 0 spiro atoms. The van der Waals surface area contributed by atoms with Gasteiger partial charge in [0.25, 0.3) is 10.0 Å². The van der Waals surface area contributed by atoms with Gasteiger partial charge < -0.3 is 15.0 Å². The van der Waals surface area contributed by atoms with Crippen molar-refractivity contribution >= 4 is 33.0 Å². The standard InChI is InChI=1S/C18H22ClN3O3S/c1-13-11-14(3-5-16(13)19)21-26(23,24)15-4-6-18(25-2)17(12-15)22-9-7-20-8-10-22/h3-6,11-12,20-21H,7-10H2,1-2H3. The third-order valence-corrected chi connectivity index (χ3v) is 6.13. The summed E-state index contributed by atoms with van der Waals surface area (Å²) in [7, 11) is -2.13. The number of ether oxygens (including phenoxy) is 1. The Morgan fingerprint density at radius 1 is 1.15 bits per heavy atom. The first kappa shape index (κ1) is 18.8. The minimum absolute atomic E-state index is 0.194. The summed E-state index contributed by atoms with van der Waals surface area (Å²) >= 11 is 6.01. The Hall–Kier alpha value is -1.96. The zero-order valence-corrected chi connectivity index (χ0v) is 16.3. The largest absolute Gasteiger partial charge is 0.495 e. The molecule has 2 aromatic carbocycles.